The van der Waals surface area contributed by atoms with Gasteiger partial charge < -0.3 is 30.1 Å². The van der Waals surface area contributed by atoms with Crippen LogP contribution in [0.5, 0.6) is 0 Å². The number of carboxylic acid groups (broad SMARTS) is 4. The molecule has 2 aliphatic rings. The lowest BCUT2D eigenvalue weighted by Crippen LogP contribution is -2.59. The van der Waals surface area contributed by atoms with E-state index in [1.807, 2.05) is 59.8 Å². The quantitative estimate of drug-likeness (QED) is 0.253. The predicted octanol–water partition coefficient (Wildman–Crippen LogP) is 4.80. The Hall–Kier alpha value is -6.12. The number of nitrogens with zero attached hydrogens (tertiary/aromatic N) is 5. The molecule has 4 N–H and O–H groups in total. The summed E-state index contributed by atoms with van der Waals surface area (Å²) >= 11 is 0. The van der Waals surface area contributed by atoms with Crippen molar-refractivity contribution in [1.29, 1.82) is 0 Å². The first-order valence-corrected chi connectivity index (χ1v) is 15.6. The molecule has 0 saturated carbocycles. The summed E-state index contributed by atoms with van der Waals surface area (Å²) in [5.74, 6) is -11.1. The fourth-order valence-electron chi connectivity index (χ4n) is 4.71. The molecule has 5 heterocycles. The van der Waals surface area contributed by atoms with Gasteiger partial charge in [-0.15, -0.1) is 0 Å². The first-order valence-electron chi connectivity index (χ1n) is 15.6. The van der Waals surface area contributed by atoms with E-state index in [2.05, 4.69) is 19.9 Å². The highest BCUT2D eigenvalue weighted by molar-refractivity contribution is 5.88. The molecule has 3 aromatic heterocycles. The Morgan fingerprint density at radius 1 is 0.678 bits per heavy atom. The number of morpholine rings is 1. The van der Waals surface area contributed by atoms with E-state index in [1.54, 1.807) is 18.6 Å². The molecule has 0 aliphatic carbocycles. The van der Waals surface area contributed by atoms with Crippen LogP contribution in [0.3, 0.4) is 0 Å². The molecule has 2 saturated heterocycles. The Labute approximate surface area is 322 Å². The molecule has 59 heavy (non-hydrogen) atoms. The standard InChI is InChI=1S/C24H25N5O2.4C2HF3O2/c30-23-24(31-12-11-29(23)15-19-5-3-8-25-13-19)18-28(16-21-7-1-2-10-27-21)17-22(24)20-6-4-9-26-14-20;4*3-2(4,5)1(6)7/h1-10,13-14,22H,11-12,15-18H2;4*(H,6,7). The van der Waals surface area contributed by atoms with Gasteiger partial charge in [0.05, 0.1) is 12.3 Å². The smallest absolute Gasteiger partial charge is 0.475 e. The summed E-state index contributed by atoms with van der Waals surface area (Å²) in [5, 5.41) is 28.5. The molecule has 0 aromatic carbocycles. The van der Waals surface area contributed by atoms with Crippen molar-refractivity contribution in [2.24, 2.45) is 0 Å². The van der Waals surface area contributed by atoms with Crippen molar-refractivity contribution in [3.05, 3.63) is 90.3 Å². The maximum absolute atomic E-state index is 13.9. The molecule has 2 unspecified atom stereocenters. The Bertz CT molecular complexity index is 1720. The summed E-state index contributed by atoms with van der Waals surface area (Å²) in [6.07, 6.45) is -11.4. The number of pyridine rings is 3. The summed E-state index contributed by atoms with van der Waals surface area (Å²) in [5.41, 5.74) is 2.12. The van der Waals surface area contributed by atoms with E-state index in [-0.39, 0.29) is 11.8 Å². The maximum atomic E-state index is 13.9. The van der Waals surface area contributed by atoms with Crippen LogP contribution in [-0.4, -0.2) is 132 Å². The van der Waals surface area contributed by atoms with Gasteiger partial charge in [0.1, 0.15) is 0 Å². The number of carbonyl (C=O) groups excluding carboxylic acids is 1. The lowest BCUT2D eigenvalue weighted by atomic mass is 9.83. The number of ether oxygens (including phenoxy) is 1. The van der Waals surface area contributed by atoms with Crippen LogP contribution in [0.25, 0.3) is 0 Å². The van der Waals surface area contributed by atoms with Crippen LogP contribution >= 0.6 is 0 Å². The SMILES string of the molecule is O=C(O)C(F)(F)F.O=C(O)C(F)(F)F.O=C(O)C(F)(F)F.O=C(O)C(F)(F)F.O=C1N(Cc2cccnc2)CCOC12CN(Cc1ccccn1)CC2c1cccnc1. The van der Waals surface area contributed by atoms with Gasteiger partial charge in [0.25, 0.3) is 5.91 Å². The van der Waals surface area contributed by atoms with Crippen LogP contribution in [0, 0.1) is 0 Å². The lowest BCUT2D eigenvalue weighted by Gasteiger charge is -2.42. The van der Waals surface area contributed by atoms with Gasteiger partial charge in [-0.2, -0.15) is 52.7 Å². The maximum Gasteiger partial charge on any atom is 0.490 e. The molecule has 2 aliphatic heterocycles. The van der Waals surface area contributed by atoms with E-state index in [0.29, 0.717) is 32.8 Å². The first-order chi connectivity index (χ1) is 27.0. The normalized spacial score (nSPS) is 18.0. The van der Waals surface area contributed by atoms with Gasteiger partial charge in [0.2, 0.25) is 0 Å². The van der Waals surface area contributed by atoms with E-state index in [0.717, 1.165) is 23.4 Å². The molecule has 5 rings (SSSR count). The van der Waals surface area contributed by atoms with Crippen LogP contribution in [0.2, 0.25) is 0 Å². The molecule has 0 radical (unpaired) electrons. The zero-order valence-corrected chi connectivity index (χ0v) is 29.3. The molecule has 15 nitrogen and oxygen atoms in total. The van der Waals surface area contributed by atoms with Crippen molar-refractivity contribution in [3.8, 4) is 0 Å². The molecular weight excluding hydrogens is 842 g/mol. The van der Waals surface area contributed by atoms with Crippen LogP contribution < -0.4 is 0 Å². The van der Waals surface area contributed by atoms with Gasteiger partial charge in [-0.05, 0) is 35.4 Å². The van der Waals surface area contributed by atoms with E-state index >= 15 is 0 Å². The zero-order valence-electron chi connectivity index (χ0n) is 29.3. The summed E-state index contributed by atoms with van der Waals surface area (Å²) in [6, 6.07) is 13.8. The van der Waals surface area contributed by atoms with Gasteiger partial charge in [0, 0.05) is 69.6 Å². The van der Waals surface area contributed by atoms with Crippen molar-refractivity contribution in [2.45, 2.75) is 49.3 Å². The van der Waals surface area contributed by atoms with Gasteiger partial charge in [0.15, 0.2) is 5.60 Å². The second-order valence-corrected chi connectivity index (χ2v) is 11.4. The molecule has 326 valence electrons. The molecule has 0 bridgehead atoms. The minimum atomic E-state index is -5.08. The third-order valence-electron chi connectivity index (χ3n) is 7.10. The van der Waals surface area contributed by atoms with E-state index in [9.17, 15) is 57.5 Å². The highest BCUT2D eigenvalue weighted by atomic mass is 19.4. The predicted molar refractivity (Wildman–Crippen MR) is 170 cm³/mol. The third-order valence-corrected chi connectivity index (χ3v) is 7.10. The molecule has 1 amide bonds. The molecule has 2 atom stereocenters. The minimum absolute atomic E-state index is 0.0416. The molecule has 27 heteroatoms. The Kier molecular flexibility index (Phi) is 18.6. The zero-order chi connectivity index (χ0) is 45.4. The second kappa shape index (κ2) is 21.6. The number of halogens is 12. The Morgan fingerprint density at radius 3 is 1.54 bits per heavy atom. The minimum Gasteiger partial charge on any atom is -0.475 e. The van der Waals surface area contributed by atoms with E-state index < -0.39 is 54.2 Å². The molecule has 3 aromatic rings. The summed E-state index contributed by atoms with van der Waals surface area (Å²) in [6.45, 7) is 3.56. The number of hydrogen-bond acceptors (Lipinski definition) is 10. The number of aromatic nitrogens is 3. The summed E-state index contributed by atoms with van der Waals surface area (Å²) in [7, 11) is 0. The number of rotatable bonds is 5. The Balaban J connectivity index is 0.000000505. The number of carboxylic acids is 4. The van der Waals surface area contributed by atoms with Crippen molar-refractivity contribution >= 4 is 29.8 Å². The van der Waals surface area contributed by atoms with Crippen molar-refractivity contribution in [1.82, 2.24) is 24.8 Å². The monoisotopic (exact) mass is 871 g/mol. The fraction of sp³-hybridized carbons (Fsp3) is 0.375. The average molecular weight is 872 g/mol. The van der Waals surface area contributed by atoms with Gasteiger partial charge in [-0.1, -0.05) is 18.2 Å². The molecule has 2 fully saturated rings. The summed E-state index contributed by atoms with van der Waals surface area (Å²) < 4.78 is 133. The number of aliphatic carboxylic acids is 4. The van der Waals surface area contributed by atoms with Crippen LogP contribution in [0.1, 0.15) is 22.7 Å². The third kappa shape index (κ3) is 17.5. The molecule has 1 spiro atoms. The van der Waals surface area contributed by atoms with Crippen LogP contribution in [0.4, 0.5) is 52.7 Å². The van der Waals surface area contributed by atoms with Gasteiger partial charge in [-0.25, -0.2) is 19.2 Å². The Morgan fingerprint density at radius 2 is 1.15 bits per heavy atom. The van der Waals surface area contributed by atoms with Crippen LogP contribution in [0.15, 0.2) is 73.4 Å². The van der Waals surface area contributed by atoms with Gasteiger partial charge >= 0.3 is 48.6 Å². The first kappa shape index (κ1) is 50.9. The highest BCUT2D eigenvalue weighted by Gasteiger charge is 2.57. The highest BCUT2D eigenvalue weighted by Crippen LogP contribution is 2.42. The van der Waals surface area contributed by atoms with Crippen LogP contribution in [-0.2, 0) is 41.8 Å². The van der Waals surface area contributed by atoms with Gasteiger partial charge in [-0.3, -0.25) is 24.6 Å². The van der Waals surface area contributed by atoms with E-state index in [1.165, 1.54) is 0 Å². The molecular formula is C32H29F12N5O10. The second-order valence-electron chi connectivity index (χ2n) is 11.4. The lowest BCUT2D eigenvalue weighted by molar-refractivity contribution is -0.193. The number of amides is 1. The number of hydrogen-bond donors (Lipinski definition) is 4. The van der Waals surface area contributed by atoms with Crippen molar-refractivity contribution in [3.63, 3.8) is 0 Å². The number of alkyl halides is 12. The number of carbonyl (C=O) groups is 5. The average Bonchev–Trinajstić information content (AvgIpc) is 3.49. The van der Waals surface area contributed by atoms with E-state index in [4.69, 9.17) is 44.3 Å². The van der Waals surface area contributed by atoms with Crippen molar-refractivity contribution in [2.75, 3.05) is 26.2 Å². The van der Waals surface area contributed by atoms with Crippen molar-refractivity contribution < 1.29 is 102 Å². The summed E-state index contributed by atoms with van der Waals surface area (Å²) in [4.78, 5) is 66.6. The largest absolute Gasteiger partial charge is 0.490 e. The fourth-order valence-corrected chi connectivity index (χ4v) is 4.71. The topological polar surface area (TPSA) is 221 Å². The number of likely N-dealkylation sites (tertiary alicyclic amines) is 1.